The van der Waals surface area contributed by atoms with Crippen molar-refractivity contribution in [2.24, 2.45) is 0 Å². The van der Waals surface area contributed by atoms with Crippen molar-refractivity contribution in [1.82, 2.24) is 0 Å². The van der Waals surface area contributed by atoms with Crippen LogP contribution in [0.4, 0.5) is 0 Å². The summed E-state index contributed by atoms with van der Waals surface area (Å²) in [5, 5.41) is 0. The normalized spacial score (nSPS) is 13.0. The van der Waals surface area contributed by atoms with Crippen molar-refractivity contribution >= 4 is 47.9 Å². The van der Waals surface area contributed by atoms with Crippen molar-refractivity contribution in [1.29, 1.82) is 0 Å². The van der Waals surface area contributed by atoms with Crippen LogP contribution in [-0.2, 0) is 0 Å². The first kappa shape index (κ1) is 17.8. The number of benzene rings is 2. The molecular weight excluding hydrogens is 459 g/mol. The Kier molecular flexibility index (Phi) is 5.63. The van der Waals surface area contributed by atoms with E-state index in [0.717, 1.165) is 27.3 Å². The summed E-state index contributed by atoms with van der Waals surface area (Å²) in [7, 11) is 0. The molecule has 2 aliphatic rings. The zero-order valence-corrected chi connectivity index (χ0v) is 16.4. The average molecular weight is 472 g/mol. The number of fused-ring (bicyclic) bond motifs is 2. The monoisotopic (exact) mass is 472 g/mol. The summed E-state index contributed by atoms with van der Waals surface area (Å²) < 4.78 is 22.4. The molecule has 0 fully saturated rings. The summed E-state index contributed by atoms with van der Waals surface area (Å²) in [5.74, 6) is 4.80. The fraction of sp³-hybridized carbons (Fsp3) is 0.176. The van der Waals surface area contributed by atoms with E-state index in [1.807, 2.05) is 6.07 Å². The third-order valence-corrected chi connectivity index (χ3v) is 5.82. The standard InChI is InChI=1S/C9H8O3Se.C8H5BrO3/c1-13-9-3-8-7(11-5-12-8)2-6(9)4-10;9-6-2-8-7(11-4-12-8)1-5(6)3-10/h2-4H,5H2,1H3;1-3H,4H2. The number of halogens is 1. The Morgan fingerprint density at radius 1 is 0.840 bits per heavy atom. The number of hydrogen-bond acceptors (Lipinski definition) is 6. The van der Waals surface area contributed by atoms with Gasteiger partial charge in [-0.3, -0.25) is 4.79 Å². The molecule has 2 aromatic carbocycles. The predicted molar refractivity (Wildman–Crippen MR) is 94.9 cm³/mol. The van der Waals surface area contributed by atoms with Crippen molar-refractivity contribution in [3.63, 3.8) is 0 Å². The molecule has 0 aliphatic carbocycles. The van der Waals surface area contributed by atoms with Gasteiger partial charge in [-0.2, -0.15) is 0 Å². The molecule has 0 bridgehead atoms. The van der Waals surface area contributed by atoms with E-state index in [2.05, 4.69) is 21.8 Å². The van der Waals surface area contributed by atoms with Crippen LogP contribution in [0.15, 0.2) is 28.7 Å². The molecule has 0 radical (unpaired) electrons. The van der Waals surface area contributed by atoms with E-state index in [-0.39, 0.29) is 13.6 Å². The van der Waals surface area contributed by atoms with E-state index in [4.69, 9.17) is 18.9 Å². The molecule has 0 saturated carbocycles. The Bertz CT molecular complexity index is 823. The second kappa shape index (κ2) is 7.91. The van der Waals surface area contributed by atoms with Gasteiger partial charge < -0.3 is 9.47 Å². The summed E-state index contributed by atoms with van der Waals surface area (Å²) in [6, 6.07) is 7.02. The number of carbonyl (C=O) groups is 2. The second-order valence-electron chi connectivity index (χ2n) is 4.91. The summed E-state index contributed by atoms with van der Waals surface area (Å²) >= 11 is 3.55. The molecule has 130 valence electrons. The molecule has 2 aromatic rings. The zero-order chi connectivity index (χ0) is 17.8. The molecule has 2 aliphatic heterocycles. The SMILES string of the molecule is C[Se]c1cc2c(cc1C=O)OCO2.O=Cc1cc2c(cc1Br)OCO2. The van der Waals surface area contributed by atoms with Gasteiger partial charge in [0, 0.05) is 10.0 Å². The molecule has 0 unspecified atom stereocenters. The molecule has 0 atom stereocenters. The Morgan fingerprint density at radius 3 is 1.84 bits per heavy atom. The molecular formula is C17H13BrO6Se. The van der Waals surface area contributed by atoms with Gasteiger partial charge in [0.2, 0.25) is 6.79 Å². The largest absolute Gasteiger partial charge is 0.454 e. The third kappa shape index (κ3) is 3.81. The fourth-order valence-corrected chi connectivity index (χ4v) is 3.84. The summed E-state index contributed by atoms with van der Waals surface area (Å²) in [6.07, 6.45) is 1.63. The van der Waals surface area contributed by atoms with Gasteiger partial charge in [0.05, 0.1) is 0 Å². The van der Waals surface area contributed by atoms with E-state index in [1.54, 1.807) is 18.2 Å². The van der Waals surface area contributed by atoms with Gasteiger partial charge in [0.15, 0.2) is 17.8 Å². The van der Waals surface area contributed by atoms with E-state index in [9.17, 15) is 9.59 Å². The quantitative estimate of drug-likeness (QED) is 0.506. The summed E-state index contributed by atoms with van der Waals surface area (Å²) in [6.45, 7) is 0.484. The third-order valence-electron chi connectivity index (χ3n) is 3.47. The van der Waals surface area contributed by atoms with Gasteiger partial charge in [-0.05, 0) is 28.1 Å². The Labute approximate surface area is 158 Å². The number of carbonyl (C=O) groups excluding carboxylic acids is 2. The molecule has 0 spiro atoms. The minimum absolute atomic E-state index is 0.226. The van der Waals surface area contributed by atoms with Crippen LogP contribution in [-0.4, -0.2) is 41.1 Å². The van der Waals surface area contributed by atoms with Crippen LogP contribution in [0, 0.1) is 0 Å². The molecule has 0 saturated heterocycles. The minimum Gasteiger partial charge on any atom is -0.454 e. The summed E-state index contributed by atoms with van der Waals surface area (Å²) in [5.41, 5.74) is 1.28. The fourth-order valence-electron chi connectivity index (χ4n) is 2.23. The Balaban J connectivity index is 0.000000146. The number of ether oxygens (including phenoxy) is 4. The van der Waals surface area contributed by atoms with E-state index in [0.29, 0.717) is 43.3 Å². The molecule has 4 rings (SSSR count). The van der Waals surface area contributed by atoms with Crippen molar-refractivity contribution in [3.05, 3.63) is 39.9 Å². The van der Waals surface area contributed by atoms with Gasteiger partial charge in [0.25, 0.3) is 0 Å². The Hall–Kier alpha value is -2.02. The van der Waals surface area contributed by atoms with Gasteiger partial charge in [-0.1, -0.05) is 0 Å². The minimum atomic E-state index is 0.226. The number of aldehydes is 2. The van der Waals surface area contributed by atoms with Crippen molar-refractivity contribution in [2.75, 3.05) is 13.6 Å². The molecule has 0 amide bonds. The molecule has 0 N–H and O–H groups in total. The van der Waals surface area contributed by atoms with Crippen LogP contribution >= 0.6 is 15.9 Å². The van der Waals surface area contributed by atoms with Crippen LogP contribution in [0.1, 0.15) is 20.7 Å². The van der Waals surface area contributed by atoms with Gasteiger partial charge >= 0.3 is 81.8 Å². The maximum absolute atomic E-state index is 10.7. The van der Waals surface area contributed by atoms with Crippen molar-refractivity contribution in [2.45, 2.75) is 5.82 Å². The number of rotatable bonds is 3. The first-order valence-corrected chi connectivity index (χ1v) is 10.5. The van der Waals surface area contributed by atoms with Crippen molar-refractivity contribution < 1.29 is 28.5 Å². The summed E-state index contributed by atoms with van der Waals surface area (Å²) in [4.78, 5) is 21.2. The van der Waals surface area contributed by atoms with Crippen LogP contribution < -0.4 is 23.4 Å². The van der Waals surface area contributed by atoms with Gasteiger partial charge in [-0.15, -0.1) is 0 Å². The maximum Gasteiger partial charge on any atom is 0.231 e. The maximum atomic E-state index is 10.7. The molecule has 2 heterocycles. The molecule has 8 heteroatoms. The van der Waals surface area contributed by atoms with Crippen molar-refractivity contribution in [3.8, 4) is 23.0 Å². The van der Waals surface area contributed by atoms with E-state index in [1.165, 1.54) is 0 Å². The van der Waals surface area contributed by atoms with Crippen LogP contribution in [0.3, 0.4) is 0 Å². The first-order valence-electron chi connectivity index (χ1n) is 7.13. The van der Waals surface area contributed by atoms with Crippen LogP contribution in [0.5, 0.6) is 23.0 Å². The van der Waals surface area contributed by atoms with Gasteiger partial charge in [-0.25, -0.2) is 0 Å². The zero-order valence-electron chi connectivity index (χ0n) is 13.1. The topological polar surface area (TPSA) is 71.1 Å². The average Bonchev–Trinajstić information content (AvgIpc) is 3.28. The smallest absolute Gasteiger partial charge is 0.231 e. The first-order chi connectivity index (χ1) is 12.2. The molecule has 0 aromatic heterocycles. The predicted octanol–water partition coefficient (Wildman–Crippen LogP) is 2.60. The van der Waals surface area contributed by atoms with Crippen LogP contribution in [0.25, 0.3) is 0 Å². The molecule has 25 heavy (non-hydrogen) atoms. The van der Waals surface area contributed by atoms with E-state index < -0.39 is 0 Å². The molecule has 6 nitrogen and oxygen atoms in total. The van der Waals surface area contributed by atoms with Gasteiger partial charge in [0.1, 0.15) is 0 Å². The number of hydrogen-bond donors (Lipinski definition) is 0. The van der Waals surface area contributed by atoms with E-state index >= 15 is 0 Å². The Morgan fingerprint density at radius 2 is 1.32 bits per heavy atom. The second-order valence-corrected chi connectivity index (χ2v) is 7.54. The van der Waals surface area contributed by atoms with Crippen LogP contribution in [0.2, 0.25) is 5.82 Å².